The molecule has 0 aliphatic carbocycles. The van der Waals surface area contributed by atoms with Crippen LogP contribution in [0.5, 0.6) is 0 Å². The lowest BCUT2D eigenvalue weighted by molar-refractivity contribution is -0.120. The van der Waals surface area contributed by atoms with E-state index >= 15 is 0 Å². The zero-order chi connectivity index (χ0) is 16.4. The van der Waals surface area contributed by atoms with E-state index in [1.807, 2.05) is 24.3 Å². The summed E-state index contributed by atoms with van der Waals surface area (Å²) in [5, 5.41) is 13.1. The maximum absolute atomic E-state index is 12.2. The molecule has 6 nitrogen and oxygen atoms in total. The van der Waals surface area contributed by atoms with Gasteiger partial charge in [0, 0.05) is 36.7 Å². The van der Waals surface area contributed by atoms with Crippen molar-refractivity contribution in [2.75, 3.05) is 13.2 Å². The summed E-state index contributed by atoms with van der Waals surface area (Å²) in [4.78, 5) is 23.8. The van der Waals surface area contributed by atoms with Gasteiger partial charge in [-0.25, -0.2) is 4.79 Å². The normalized spacial score (nSPS) is 17.5. The Bertz CT molecular complexity index is 744. The zero-order valence-corrected chi connectivity index (χ0v) is 13.0. The molecule has 1 aliphatic rings. The van der Waals surface area contributed by atoms with E-state index in [9.17, 15) is 14.7 Å². The molecule has 1 saturated heterocycles. The quantitative estimate of drug-likeness (QED) is 0.880. The fraction of sp³-hybridized carbons (Fsp3) is 0.412. The maximum atomic E-state index is 12.2. The van der Waals surface area contributed by atoms with E-state index in [-0.39, 0.29) is 24.1 Å². The third-order valence-electron chi connectivity index (χ3n) is 4.30. The second kappa shape index (κ2) is 6.42. The lowest BCUT2D eigenvalue weighted by atomic mass is 10.1. The van der Waals surface area contributed by atoms with Crippen LogP contribution in [0.2, 0.25) is 0 Å². The number of amides is 1. The Balaban J connectivity index is 1.82. The Labute approximate surface area is 134 Å². The average Bonchev–Trinajstić information content (AvgIpc) is 3.13. The number of nitrogens with one attached hydrogen (secondary N) is 1. The summed E-state index contributed by atoms with van der Waals surface area (Å²) in [6.07, 6.45) is 2.10. The molecule has 0 radical (unpaired) electrons. The predicted octanol–water partition coefficient (Wildman–Crippen LogP) is 1.71. The molecule has 2 N–H and O–H groups in total. The highest BCUT2D eigenvalue weighted by Crippen LogP contribution is 2.26. The number of hydrogen-bond acceptors (Lipinski definition) is 3. The van der Waals surface area contributed by atoms with Gasteiger partial charge in [0.1, 0.15) is 5.69 Å². The molecule has 23 heavy (non-hydrogen) atoms. The van der Waals surface area contributed by atoms with Crippen molar-refractivity contribution < 1.29 is 19.4 Å². The Kier molecular flexibility index (Phi) is 4.34. The fourth-order valence-corrected chi connectivity index (χ4v) is 3.18. The molecule has 0 bridgehead atoms. The molecule has 1 fully saturated rings. The van der Waals surface area contributed by atoms with Gasteiger partial charge in [-0.3, -0.25) is 4.79 Å². The summed E-state index contributed by atoms with van der Waals surface area (Å²) in [6, 6.07) is 7.41. The standard InChI is InChI=1S/C17H20N2O4/c1-19-14-7-3-2-6-12(14)13(16(19)17(21)22)9-15(20)18-10-11-5-4-8-23-11/h2-3,6-7,11H,4-5,8-10H2,1H3,(H,18,20)(H,21,22). The van der Waals surface area contributed by atoms with E-state index in [2.05, 4.69) is 5.32 Å². The number of fused-ring (bicyclic) bond motifs is 1. The molecule has 122 valence electrons. The highest BCUT2D eigenvalue weighted by Gasteiger charge is 2.23. The van der Waals surface area contributed by atoms with Crippen LogP contribution < -0.4 is 5.32 Å². The van der Waals surface area contributed by atoms with Gasteiger partial charge in [0.2, 0.25) is 5.91 Å². The van der Waals surface area contributed by atoms with Gasteiger partial charge in [0.15, 0.2) is 0 Å². The molecular weight excluding hydrogens is 296 g/mol. The number of rotatable bonds is 5. The van der Waals surface area contributed by atoms with Crippen LogP contribution in [0.25, 0.3) is 10.9 Å². The minimum atomic E-state index is -1.02. The first kappa shape index (κ1) is 15.6. The van der Waals surface area contributed by atoms with E-state index in [1.165, 1.54) is 0 Å². The molecule has 1 unspecified atom stereocenters. The number of para-hydroxylation sites is 1. The lowest BCUT2D eigenvalue weighted by Gasteiger charge is -2.11. The molecule has 2 heterocycles. The van der Waals surface area contributed by atoms with Crippen molar-refractivity contribution in [3.63, 3.8) is 0 Å². The van der Waals surface area contributed by atoms with Crippen LogP contribution in [0.1, 0.15) is 28.9 Å². The van der Waals surface area contributed by atoms with Gasteiger partial charge >= 0.3 is 5.97 Å². The summed E-state index contributed by atoms with van der Waals surface area (Å²) in [6.45, 7) is 1.22. The van der Waals surface area contributed by atoms with Crippen LogP contribution in [-0.2, 0) is 23.0 Å². The maximum Gasteiger partial charge on any atom is 0.352 e. The average molecular weight is 316 g/mol. The largest absolute Gasteiger partial charge is 0.477 e. The van der Waals surface area contributed by atoms with Crippen LogP contribution in [-0.4, -0.2) is 40.8 Å². The van der Waals surface area contributed by atoms with Gasteiger partial charge < -0.3 is 19.7 Å². The molecule has 2 aromatic rings. The molecule has 3 rings (SSSR count). The number of aryl methyl sites for hydroxylation is 1. The van der Waals surface area contributed by atoms with Gasteiger partial charge in [0.25, 0.3) is 0 Å². The van der Waals surface area contributed by atoms with Crippen molar-refractivity contribution in [3.05, 3.63) is 35.5 Å². The predicted molar refractivity (Wildman–Crippen MR) is 85.6 cm³/mol. The summed E-state index contributed by atoms with van der Waals surface area (Å²) in [5.74, 6) is -1.20. The number of ether oxygens (including phenoxy) is 1. The lowest BCUT2D eigenvalue weighted by Crippen LogP contribution is -2.33. The Morgan fingerprint density at radius 1 is 1.39 bits per heavy atom. The highest BCUT2D eigenvalue weighted by molar-refractivity contribution is 6.00. The zero-order valence-electron chi connectivity index (χ0n) is 13.0. The van der Waals surface area contributed by atoms with Gasteiger partial charge in [-0.15, -0.1) is 0 Å². The number of carbonyl (C=O) groups is 2. The summed E-state index contributed by atoms with van der Waals surface area (Å²) >= 11 is 0. The number of hydrogen-bond donors (Lipinski definition) is 2. The van der Waals surface area contributed by atoms with Crippen molar-refractivity contribution in [2.24, 2.45) is 7.05 Å². The second-order valence-corrected chi connectivity index (χ2v) is 5.82. The minimum Gasteiger partial charge on any atom is -0.477 e. The van der Waals surface area contributed by atoms with E-state index in [1.54, 1.807) is 11.6 Å². The molecule has 1 atom stereocenters. The fourth-order valence-electron chi connectivity index (χ4n) is 3.18. The Morgan fingerprint density at radius 3 is 2.87 bits per heavy atom. The van der Waals surface area contributed by atoms with Crippen LogP contribution >= 0.6 is 0 Å². The highest BCUT2D eigenvalue weighted by atomic mass is 16.5. The van der Waals surface area contributed by atoms with E-state index in [0.29, 0.717) is 12.1 Å². The number of aromatic carboxylic acids is 1. The topological polar surface area (TPSA) is 80.6 Å². The van der Waals surface area contributed by atoms with E-state index < -0.39 is 5.97 Å². The molecule has 0 saturated carbocycles. The second-order valence-electron chi connectivity index (χ2n) is 5.82. The van der Waals surface area contributed by atoms with Crippen molar-refractivity contribution in [2.45, 2.75) is 25.4 Å². The van der Waals surface area contributed by atoms with Crippen molar-refractivity contribution in [1.82, 2.24) is 9.88 Å². The SMILES string of the molecule is Cn1c(C(=O)O)c(CC(=O)NCC2CCCO2)c2ccccc21. The van der Waals surface area contributed by atoms with Crippen LogP contribution in [0, 0.1) is 0 Å². The smallest absolute Gasteiger partial charge is 0.352 e. The van der Waals surface area contributed by atoms with E-state index in [4.69, 9.17) is 4.74 Å². The molecule has 1 aliphatic heterocycles. The summed E-state index contributed by atoms with van der Waals surface area (Å²) < 4.78 is 7.10. The van der Waals surface area contributed by atoms with Crippen molar-refractivity contribution >= 4 is 22.8 Å². The summed E-state index contributed by atoms with van der Waals surface area (Å²) in [7, 11) is 1.71. The van der Waals surface area contributed by atoms with Gasteiger partial charge in [-0.1, -0.05) is 18.2 Å². The van der Waals surface area contributed by atoms with Crippen molar-refractivity contribution in [1.29, 1.82) is 0 Å². The number of carbonyl (C=O) groups excluding carboxylic acids is 1. The molecular formula is C17H20N2O4. The number of benzene rings is 1. The Hall–Kier alpha value is -2.34. The third-order valence-corrected chi connectivity index (χ3v) is 4.30. The van der Waals surface area contributed by atoms with Crippen molar-refractivity contribution in [3.8, 4) is 0 Å². The molecule has 6 heteroatoms. The molecule has 1 aromatic heterocycles. The van der Waals surface area contributed by atoms with Crippen LogP contribution in [0.15, 0.2) is 24.3 Å². The van der Waals surface area contributed by atoms with Crippen LogP contribution in [0.4, 0.5) is 0 Å². The molecule has 0 spiro atoms. The summed E-state index contributed by atoms with van der Waals surface area (Å²) in [5.41, 5.74) is 1.53. The van der Waals surface area contributed by atoms with Gasteiger partial charge in [0.05, 0.1) is 12.5 Å². The third kappa shape index (κ3) is 3.07. The molecule has 1 aromatic carbocycles. The van der Waals surface area contributed by atoms with Gasteiger partial charge in [-0.05, 0) is 18.9 Å². The number of carboxylic acid groups (broad SMARTS) is 1. The first-order valence-electron chi connectivity index (χ1n) is 7.76. The van der Waals surface area contributed by atoms with Crippen LogP contribution in [0.3, 0.4) is 0 Å². The Morgan fingerprint density at radius 2 is 2.17 bits per heavy atom. The first-order valence-corrected chi connectivity index (χ1v) is 7.76. The van der Waals surface area contributed by atoms with E-state index in [0.717, 1.165) is 30.4 Å². The minimum absolute atomic E-state index is 0.0513. The number of aromatic nitrogens is 1. The monoisotopic (exact) mass is 316 g/mol. The molecule has 1 amide bonds. The first-order chi connectivity index (χ1) is 11.1. The number of carboxylic acids is 1. The number of nitrogens with zero attached hydrogens (tertiary/aromatic N) is 1. The van der Waals surface area contributed by atoms with Gasteiger partial charge in [-0.2, -0.15) is 0 Å².